The summed E-state index contributed by atoms with van der Waals surface area (Å²) in [5.74, 6) is 0. The van der Waals surface area contributed by atoms with Gasteiger partial charge in [0.05, 0.1) is 11.4 Å². The number of hydrogen-bond acceptors (Lipinski definition) is 2. The molecule has 2 aromatic carbocycles. The van der Waals surface area contributed by atoms with Crippen LogP contribution < -0.4 is 0 Å². The van der Waals surface area contributed by atoms with E-state index in [0.717, 1.165) is 42.5 Å². The average molecular weight is 440 g/mol. The first-order chi connectivity index (χ1) is 11.7. The highest BCUT2D eigenvalue weighted by Crippen LogP contribution is 2.25. The summed E-state index contributed by atoms with van der Waals surface area (Å²) in [6, 6.07) is 24.5. The lowest BCUT2D eigenvalue weighted by atomic mass is 10.1. The third-order valence-electron chi connectivity index (χ3n) is 3.83. The Morgan fingerprint density at radius 2 is 0.917 bits per heavy atom. The average Bonchev–Trinajstić information content (AvgIpc) is 2.62. The molecule has 0 amide bonds. The third-order valence-corrected chi connectivity index (χ3v) is 4.89. The molecule has 4 heteroatoms. The molecular weight excluding hydrogens is 428 g/mol. The molecule has 2 heterocycles. The lowest BCUT2D eigenvalue weighted by Gasteiger charge is -2.06. The van der Waals surface area contributed by atoms with E-state index >= 15 is 0 Å². The Kier molecular flexibility index (Phi) is 4.17. The van der Waals surface area contributed by atoms with Crippen LogP contribution in [0.25, 0.3) is 33.5 Å². The van der Waals surface area contributed by atoms with E-state index in [4.69, 9.17) is 9.97 Å². The van der Waals surface area contributed by atoms with E-state index in [0.29, 0.717) is 0 Å². The van der Waals surface area contributed by atoms with Gasteiger partial charge < -0.3 is 0 Å². The molecule has 116 valence electrons. The number of rotatable bonds is 2. The molecule has 2 aromatic heterocycles. The highest BCUT2D eigenvalue weighted by Gasteiger charge is 2.05. The van der Waals surface area contributed by atoms with Crippen LogP contribution in [0.15, 0.2) is 81.7 Å². The summed E-state index contributed by atoms with van der Waals surface area (Å²) in [6.07, 6.45) is 0. The lowest BCUT2D eigenvalue weighted by molar-refractivity contribution is 1.29. The second kappa shape index (κ2) is 6.46. The summed E-state index contributed by atoms with van der Waals surface area (Å²) in [5, 5.41) is 1.04. The van der Waals surface area contributed by atoms with Gasteiger partial charge in [0.25, 0.3) is 0 Å². The normalized spacial score (nSPS) is 10.9. The maximum atomic E-state index is 4.74. The summed E-state index contributed by atoms with van der Waals surface area (Å²) in [7, 11) is 0. The molecule has 0 saturated heterocycles. The van der Waals surface area contributed by atoms with Gasteiger partial charge in [0.2, 0.25) is 0 Å². The standard InChI is InChI=1S/C20H12Br2N2/c21-16-7-1-13(2-8-16)18-11-5-15-6-12-19(24-20(15)23-18)14-3-9-17(22)10-4-14/h1-12H. The van der Waals surface area contributed by atoms with Crippen molar-refractivity contribution in [2.24, 2.45) is 0 Å². The van der Waals surface area contributed by atoms with Crippen LogP contribution in [-0.2, 0) is 0 Å². The predicted molar refractivity (Wildman–Crippen MR) is 106 cm³/mol. The van der Waals surface area contributed by atoms with E-state index in [2.05, 4.69) is 68.3 Å². The molecule has 0 saturated carbocycles. The molecule has 0 N–H and O–H groups in total. The summed E-state index contributed by atoms with van der Waals surface area (Å²) < 4.78 is 2.12. The quantitative estimate of drug-likeness (QED) is 0.356. The molecule has 0 spiro atoms. The van der Waals surface area contributed by atoms with Gasteiger partial charge >= 0.3 is 0 Å². The van der Waals surface area contributed by atoms with Crippen LogP contribution in [0.2, 0.25) is 0 Å². The van der Waals surface area contributed by atoms with Crippen LogP contribution in [0.4, 0.5) is 0 Å². The molecule has 0 aliphatic rings. The van der Waals surface area contributed by atoms with E-state index in [1.807, 2.05) is 36.4 Å². The molecule has 0 fully saturated rings. The molecule has 24 heavy (non-hydrogen) atoms. The zero-order chi connectivity index (χ0) is 16.5. The van der Waals surface area contributed by atoms with Crippen LogP contribution in [-0.4, -0.2) is 9.97 Å². The van der Waals surface area contributed by atoms with Gasteiger partial charge in [-0.3, -0.25) is 0 Å². The predicted octanol–water partition coefficient (Wildman–Crippen LogP) is 6.49. The number of benzene rings is 2. The van der Waals surface area contributed by atoms with Crippen molar-refractivity contribution in [3.05, 3.63) is 81.7 Å². The second-order valence-electron chi connectivity index (χ2n) is 5.45. The first-order valence-electron chi connectivity index (χ1n) is 7.49. The maximum absolute atomic E-state index is 4.74. The number of nitrogens with zero attached hydrogens (tertiary/aromatic N) is 2. The molecule has 0 aliphatic carbocycles. The van der Waals surface area contributed by atoms with Crippen molar-refractivity contribution < 1.29 is 0 Å². The van der Waals surface area contributed by atoms with Crippen LogP contribution in [0.5, 0.6) is 0 Å². The van der Waals surface area contributed by atoms with Crippen LogP contribution in [0.3, 0.4) is 0 Å². The van der Waals surface area contributed by atoms with Crippen molar-refractivity contribution in [1.82, 2.24) is 9.97 Å². The minimum absolute atomic E-state index is 0.760. The minimum atomic E-state index is 0.760. The van der Waals surface area contributed by atoms with E-state index in [9.17, 15) is 0 Å². The number of pyridine rings is 2. The summed E-state index contributed by atoms with van der Waals surface area (Å²) in [5.41, 5.74) is 4.77. The summed E-state index contributed by atoms with van der Waals surface area (Å²) in [4.78, 5) is 9.49. The van der Waals surface area contributed by atoms with Gasteiger partial charge in [-0.25, -0.2) is 9.97 Å². The van der Waals surface area contributed by atoms with Crippen LogP contribution >= 0.6 is 31.9 Å². The van der Waals surface area contributed by atoms with Crippen molar-refractivity contribution in [1.29, 1.82) is 0 Å². The van der Waals surface area contributed by atoms with Crippen LogP contribution in [0.1, 0.15) is 0 Å². The van der Waals surface area contributed by atoms with E-state index in [1.54, 1.807) is 0 Å². The summed E-state index contributed by atoms with van der Waals surface area (Å²) >= 11 is 6.92. The zero-order valence-corrected chi connectivity index (χ0v) is 15.8. The third kappa shape index (κ3) is 3.12. The van der Waals surface area contributed by atoms with Gasteiger partial charge in [0, 0.05) is 25.5 Å². The topological polar surface area (TPSA) is 25.8 Å². The van der Waals surface area contributed by atoms with Crippen molar-refractivity contribution in [2.75, 3.05) is 0 Å². The fraction of sp³-hybridized carbons (Fsp3) is 0. The monoisotopic (exact) mass is 438 g/mol. The van der Waals surface area contributed by atoms with Crippen molar-refractivity contribution in [2.45, 2.75) is 0 Å². The Morgan fingerprint density at radius 3 is 1.33 bits per heavy atom. The van der Waals surface area contributed by atoms with Gasteiger partial charge in [-0.2, -0.15) is 0 Å². The van der Waals surface area contributed by atoms with Crippen molar-refractivity contribution in [3.63, 3.8) is 0 Å². The molecule has 4 aromatic rings. The van der Waals surface area contributed by atoms with E-state index in [-0.39, 0.29) is 0 Å². The number of halogens is 2. The van der Waals surface area contributed by atoms with Gasteiger partial charge in [-0.1, -0.05) is 56.1 Å². The van der Waals surface area contributed by atoms with Crippen LogP contribution in [0, 0.1) is 0 Å². The number of hydrogen-bond donors (Lipinski definition) is 0. The lowest BCUT2D eigenvalue weighted by Crippen LogP contribution is -1.90. The fourth-order valence-corrected chi connectivity index (χ4v) is 3.09. The second-order valence-corrected chi connectivity index (χ2v) is 7.28. The molecule has 0 radical (unpaired) electrons. The Hall–Kier alpha value is -2.04. The SMILES string of the molecule is Brc1ccc(-c2ccc3ccc(-c4ccc(Br)cc4)nc3n2)cc1. The van der Waals surface area contributed by atoms with E-state index in [1.165, 1.54) is 0 Å². The smallest absolute Gasteiger partial charge is 0.160 e. The minimum Gasteiger partial charge on any atom is -0.228 e. The molecule has 0 unspecified atom stereocenters. The largest absolute Gasteiger partial charge is 0.228 e. The Bertz CT molecular complexity index is 930. The number of aromatic nitrogens is 2. The molecule has 0 bridgehead atoms. The molecule has 0 atom stereocenters. The Balaban J connectivity index is 1.80. The number of fused-ring (bicyclic) bond motifs is 1. The molecule has 2 nitrogen and oxygen atoms in total. The first-order valence-corrected chi connectivity index (χ1v) is 9.07. The van der Waals surface area contributed by atoms with E-state index < -0.39 is 0 Å². The van der Waals surface area contributed by atoms with Crippen molar-refractivity contribution in [3.8, 4) is 22.5 Å². The summed E-state index contributed by atoms with van der Waals surface area (Å²) in [6.45, 7) is 0. The Morgan fingerprint density at radius 1 is 0.500 bits per heavy atom. The van der Waals surface area contributed by atoms with Gasteiger partial charge in [0.1, 0.15) is 0 Å². The van der Waals surface area contributed by atoms with Gasteiger partial charge in [0.15, 0.2) is 5.65 Å². The maximum Gasteiger partial charge on any atom is 0.160 e. The highest BCUT2D eigenvalue weighted by atomic mass is 79.9. The Labute approximate surface area is 156 Å². The van der Waals surface area contributed by atoms with Crippen molar-refractivity contribution >= 4 is 42.9 Å². The first kappa shape index (κ1) is 15.5. The molecule has 4 rings (SSSR count). The highest BCUT2D eigenvalue weighted by molar-refractivity contribution is 9.10. The fourth-order valence-electron chi connectivity index (χ4n) is 2.56. The van der Waals surface area contributed by atoms with Gasteiger partial charge in [-0.05, 0) is 48.5 Å². The molecule has 0 aliphatic heterocycles. The van der Waals surface area contributed by atoms with Gasteiger partial charge in [-0.15, -0.1) is 0 Å². The molecular formula is C20H12Br2N2. The zero-order valence-electron chi connectivity index (χ0n) is 12.6.